The van der Waals surface area contributed by atoms with Gasteiger partial charge < -0.3 is 18.6 Å². The minimum atomic E-state index is 0.638. The molecule has 23 heavy (non-hydrogen) atoms. The van der Waals surface area contributed by atoms with Crippen molar-refractivity contribution in [3.63, 3.8) is 0 Å². The number of hydrogen-bond acceptors (Lipinski definition) is 7. The molecule has 0 saturated heterocycles. The number of hydrogen-bond donors (Lipinski definition) is 0. The highest BCUT2D eigenvalue weighted by molar-refractivity contribution is 7.28. The van der Waals surface area contributed by atoms with E-state index in [1.54, 1.807) is 32.7 Å². The van der Waals surface area contributed by atoms with Gasteiger partial charge in [0, 0.05) is 17.8 Å². The zero-order chi connectivity index (χ0) is 16.0. The van der Waals surface area contributed by atoms with Crippen LogP contribution in [0.4, 0.5) is 0 Å². The fraction of sp³-hybridized carbons (Fsp3) is 0.200. The van der Waals surface area contributed by atoms with Crippen molar-refractivity contribution in [3.8, 4) is 27.3 Å². The molecule has 0 spiro atoms. The number of ether oxygens (including phenoxy) is 3. The Morgan fingerprint density at radius 3 is 2.43 bits per heavy atom. The van der Waals surface area contributed by atoms with Gasteiger partial charge in [-0.05, 0) is 6.07 Å². The first-order valence-electron chi connectivity index (χ1n) is 6.77. The quantitative estimate of drug-likeness (QED) is 0.563. The highest BCUT2D eigenvalue weighted by Gasteiger charge is 2.15. The zero-order valence-corrected chi connectivity index (χ0v) is 14.3. The molecule has 0 amide bonds. The van der Waals surface area contributed by atoms with Crippen molar-refractivity contribution in [1.29, 1.82) is 0 Å². The summed E-state index contributed by atoms with van der Waals surface area (Å²) >= 11 is 3.00. The van der Waals surface area contributed by atoms with Crippen molar-refractivity contribution < 1.29 is 14.2 Å². The van der Waals surface area contributed by atoms with Crippen LogP contribution < -0.4 is 14.2 Å². The predicted octanol–water partition coefficient (Wildman–Crippen LogP) is 3.70. The van der Waals surface area contributed by atoms with Crippen molar-refractivity contribution in [2.24, 2.45) is 0 Å². The molecule has 0 unspecified atom stereocenters. The summed E-state index contributed by atoms with van der Waals surface area (Å²) in [6, 6.07) is 3.92. The number of rotatable bonds is 4. The van der Waals surface area contributed by atoms with Gasteiger partial charge in [0.05, 0.1) is 33.0 Å². The van der Waals surface area contributed by atoms with Crippen LogP contribution in [0.1, 0.15) is 0 Å². The molecule has 6 nitrogen and oxygen atoms in total. The van der Waals surface area contributed by atoms with Crippen molar-refractivity contribution in [2.45, 2.75) is 0 Å². The minimum absolute atomic E-state index is 0.638. The third-order valence-corrected chi connectivity index (χ3v) is 5.51. The Hall–Kier alpha value is -2.32. The second-order valence-corrected chi connectivity index (χ2v) is 6.70. The highest BCUT2D eigenvalue weighted by Crippen LogP contribution is 2.37. The maximum Gasteiger partial charge on any atom is 0.276 e. The average Bonchev–Trinajstić information content (AvgIpc) is 3.24. The van der Waals surface area contributed by atoms with Gasteiger partial charge in [-0.3, -0.25) is 0 Å². The average molecular weight is 347 g/mol. The summed E-state index contributed by atoms with van der Waals surface area (Å²) in [7, 11) is 4.90. The van der Waals surface area contributed by atoms with Crippen molar-refractivity contribution in [1.82, 2.24) is 14.4 Å². The van der Waals surface area contributed by atoms with E-state index in [1.807, 2.05) is 22.9 Å². The van der Waals surface area contributed by atoms with Crippen LogP contribution in [0.5, 0.6) is 16.7 Å². The van der Waals surface area contributed by atoms with Gasteiger partial charge in [0.15, 0.2) is 9.66 Å². The molecular weight excluding hydrogens is 334 g/mol. The summed E-state index contributed by atoms with van der Waals surface area (Å²) in [5.74, 6) is 1.50. The van der Waals surface area contributed by atoms with E-state index in [-0.39, 0.29) is 0 Å². The topological polar surface area (TPSA) is 57.9 Å². The van der Waals surface area contributed by atoms with Gasteiger partial charge in [-0.2, -0.15) is 4.98 Å². The Balaban J connectivity index is 1.84. The number of fused-ring (bicyclic) bond motifs is 2. The van der Waals surface area contributed by atoms with Gasteiger partial charge in [-0.1, -0.05) is 22.7 Å². The van der Waals surface area contributed by atoms with Crippen LogP contribution in [0.3, 0.4) is 0 Å². The lowest BCUT2D eigenvalue weighted by Gasteiger charge is -2.06. The van der Waals surface area contributed by atoms with Crippen LogP contribution in [0, 0.1) is 0 Å². The first-order valence-corrected chi connectivity index (χ1v) is 8.40. The molecule has 4 aromatic heterocycles. The summed E-state index contributed by atoms with van der Waals surface area (Å²) in [5, 5.41) is 1.56. The SMILES string of the molecule is COc1cc(OC)c2cc(-c3nc4sc(OC)nc4s3)cn2c1. The van der Waals surface area contributed by atoms with Crippen LogP contribution in [0.15, 0.2) is 24.5 Å². The molecule has 4 rings (SSSR count). The number of aromatic nitrogens is 3. The molecule has 4 heterocycles. The molecule has 8 heteroatoms. The lowest BCUT2D eigenvalue weighted by molar-refractivity contribution is 0.393. The Morgan fingerprint density at radius 2 is 1.74 bits per heavy atom. The minimum Gasteiger partial charge on any atom is -0.495 e. The standard InChI is InChI=1S/C15H13N3O3S2/c1-19-9-5-11(20-2)10-4-8(6-18(10)7-9)12-16-13-14(22-12)17-15(21-3)23-13/h4-7H,1-3H3. The van der Waals surface area contributed by atoms with Gasteiger partial charge in [0.2, 0.25) is 0 Å². The summed E-state index contributed by atoms with van der Waals surface area (Å²) in [5.41, 5.74) is 1.98. The van der Waals surface area contributed by atoms with E-state index in [1.165, 1.54) is 11.3 Å². The third kappa shape index (κ3) is 2.30. The van der Waals surface area contributed by atoms with E-state index < -0.39 is 0 Å². The first kappa shape index (κ1) is 14.3. The molecular formula is C15H13N3O3S2. The molecule has 0 saturated carbocycles. The molecule has 0 fully saturated rings. The van der Waals surface area contributed by atoms with Gasteiger partial charge in [-0.25, -0.2) is 4.98 Å². The van der Waals surface area contributed by atoms with Crippen LogP contribution in [0.25, 0.3) is 25.7 Å². The van der Waals surface area contributed by atoms with Crippen LogP contribution >= 0.6 is 22.7 Å². The normalized spacial score (nSPS) is 11.3. The van der Waals surface area contributed by atoms with Crippen LogP contribution in [-0.2, 0) is 0 Å². The molecule has 0 aliphatic carbocycles. The summed E-state index contributed by atoms with van der Waals surface area (Å²) in [6.07, 6.45) is 3.93. The predicted molar refractivity (Wildman–Crippen MR) is 91.3 cm³/mol. The van der Waals surface area contributed by atoms with Gasteiger partial charge >= 0.3 is 0 Å². The fourth-order valence-electron chi connectivity index (χ4n) is 2.39. The van der Waals surface area contributed by atoms with Gasteiger partial charge in [0.25, 0.3) is 5.19 Å². The maximum atomic E-state index is 5.45. The second-order valence-electron chi connectivity index (χ2n) is 4.78. The Bertz CT molecular complexity index is 971. The van der Waals surface area contributed by atoms with Crippen molar-refractivity contribution >= 4 is 37.9 Å². The number of methoxy groups -OCH3 is 3. The largest absolute Gasteiger partial charge is 0.495 e. The van der Waals surface area contributed by atoms with E-state index >= 15 is 0 Å². The number of thiazole rings is 2. The second kappa shape index (κ2) is 5.39. The van der Waals surface area contributed by atoms with Crippen LogP contribution in [0.2, 0.25) is 0 Å². The number of pyridine rings is 1. The molecule has 0 aliphatic rings. The van der Waals surface area contributed by atoms with Crippen LogP contribution in [-0.4, -0.2) is 35.7 Å². The maximum absolute atomic E-state index is 5.45. The molecule has 0 radical (unpaired) electrons. The Kier molecular flexibility index (Phi) is 3.35. The third-order valence-electron chi connectivity index (χ3n) is 3.47. The molecule has 0 atom stereocenters. The van der Waals surface area contributed by atoms with E-state index in [0.717, 1.165) is 37.2 Å². The van der Waals surface area contributed by atoms with E-state index in [9.17, 15) is 0 Å². The van der Waals surface area contributed by atoms with Crippen molar-refractivity contribution in [3.05, 3.63) is 24.5 Å². The number of nitrogens with zero attached hydrogens (tertiary/aromatic N) is 3. The molecule has 0 N–H and O–H groups in total. The molecule has 118 valence electrons. The monoisotopic (exact) mass is 347 g/mol. The molecule has 0 bridgehead atoms. The van der Waals surface area contributed by atoms with E-state index in [2.05, 4.69) is 16.0 Å². The summed E-state index contributed by atoms with van der Waals surface area (Å²) < 4.78 is 17.9. The summed E-state index contributed by atoms with van der Waals surface area (Å²) in [6.45, 7) is 0. The Labute approximate surface area is 139 Å². The van der Waals surface area contributed by atoms with Crippen molar-refractivity contribution in [2.75, 3.05) is 21.3 Å². The lowest BCUT2D eigenvalue weighted by Crippen LogP contribution is -1.92. The molecule has 0 aliphatic heterocycles. The lowest BCUT2D eigenvalue weighted by atomic mass is 10.3. The highest BCUT2D eigenvalue weighted by atomic mass is 32.1. The van der Waals surface area contributed by atoms with Gasteiger partial charge in [-0.15, -0.1) is 0 Å². The van der Waals surface area contributed by atoms with E-state index in [4.69, 9.17) is 14.2 Å². The zero-order valence-electron chi connectivity index (χ0n) is 12.7. The smallest absolute Gasteiger partial charge is 0.276 e. The molecule has 0 aromatic carbocycles. The van der Waals surface area contributed by atoms with E-state index in [0.29, 0.717) is 5.19 Å². The first-order chi connectivity index (χ1) is 11.2. The fourth-order valence-corrected chi connectivity index (χ4v) is 4.22. The summed E-state index contributed by atoms with van der Waals surface area (Å²) in [4.78, 5) is 10.8. The molecule has 4 aromatic rings. The Morgan fingerprint density at radius 1 is 0.913 bits per heavy atom. The van der Waals surface area contributed by atoms with Gasteiger partial charge in [0.1, 0.15) is 16.5 Å².